The molecule has 0 saturated carbocycles. The van der Waals surface area contributed by atoms with Gasteiger partial charge in [0.1, 0.15) is 0 Å². The molecule has 0 amide bonds. The lowest BCUT2D eigenvalue weighted by molar-refractivity contribution is 0.524. The van der Waals surface area contributed by atoms with Crippen LogP contribution in [0.25, 0.3) is 0 Å². The van der Waals surface area contributed by atoms with Crippen LogP contribution < -0.4 is 5.32 Å². The molecule has 22 heavy (non-hydrogen) atoms. The molecule has 0 aliphatic carbocycles. The van der Waals surface area contributed by atoms with Crippen molar-refractivity contribution in [3.8, 4) is 0 Å². The van der Waals surface area contributed by atoms with Crippen LogP contribution in [0, 0.1) is 5.92 Å². The van der Waals surface area contributed by atoms with Gasteiger partial charge < -0.3 is 5.32 Å². The molecule has 0 saturated heterocycles. The first-order valence-electron chi connectivity index (χ1n) is 10.1. The number of rotatable bonds is 15. The van der Waals surface area contributed by atoms with Crippen molar-refractivity contribution < 1.29 is 0 Å². The smallest absolute Gasteiger partial charge is 0.0993 e. The summed E-state index contributed by atoms with van der Waals surface area (Å²) in [5.74, 6) is 1.91. The highest BCUT2D eigenvalue weighted by Gasteiger charge is 2.12. The van der Waals surface area contributed by atoms with Gasteiger partial charge in [0.2, 0.25) is 0 Å². The van der Waals surface area contributed by atoms with Crippen LogP contribution in [0.5, 0.6) is 0 Å². The van der Waals surface area contributed by atoms with Gasteiger partial charge in [-0.3, -0.25) is 4.99 Å². The van der Waals surface area contributed by atoms with Gasteiger partial charge in [0, 0.05) is 12.5 Å². The Morgan fingerprint density at radius 1 is 0.818 bits per heavy atom. The molecule has 0 aromatic heterocycles. The van der Waals surface area contributed by atoms with Crippen LogP contribution in [0.4, 0.5) is 0 Å². The molecule has 1 N–H and O–H groups in total. The zero-order valence-electron chi connectivity index (χ0n) is 15.3. The van der Waals surface area contributed by atoms with Gasteiger partial charge >= 0.3 is 0 Å². The van der Waals surface area contributed by atoms with Gasteiger partial charge in [0.05, 0.1) is 12.4 Å². The summed E-state index contributed by atoms with van der Waals surface area (Å²) in [5, 5.41) is 3.40. The molecule has 0 aromatic rings. The molecule has 1 rings (SSSR count). The molecule has 0 radical (unpaired) electrons. The van der Waals surface area contributed by atoms with Crippen LogP contribution in [-0.4, -0.2) is 18.9 Å². The molecule has 1 aliphatic rings. The third-order valence-electron chi connectivity index (χ3n) is 4.91. The molecule has 0 fully saturated rings. The van der Waals surface area contributed by atoms with E-state index in [1.165, 1.54) is 95.7 Å². The minimum absolute atomic E-state index is 0.648. The first-order chi connectivity index (χ1) is 10.8. The number of hydrogen-bond donors (Lipinski definition) is 1. The molecular formula is C20H40N2. The lowest BCUT2D eigenvalue weighted by Gasteiger charge is -2.11. The molecule has 0 spiro atoms. The molecule has 1 atom stereocenters. The second kappa shape index (κ2) is 14.1. The van der Waals surface area contributed by atoms with E-state index < -0.39 is 0 Å². The van der Waals surface area contributed by atoms with Crippen molar-refractivity contribution in [3.63, 3.8) is 0 Å². The van der Waals surface area contributed by atoms with Crippen LogP contribution in [0.15, 0.2) is 4.99 Å². The van der Waals surface area contributed by atoms with Crippen molar-refractivity contribution >= 4 is 5.84 Å². The lowest BCUT2D eigenvalue weighted by atomic mass is 10.0. The van der Waals surface area contributed by atoms with Crippen molar-refractivity contribution in [2.75, 3.05) is 13.1 Å². The highest BCUT2D eigenvalue weighted by Crippen LogP contribution is 2.15. The number of nitrogens with zero attached hydrogens (tertiary/aromatic N) is 1. The van der Waals surface area contributed by atoms with Gasteiger partial charge in [-0.15, -0.1) is 0 Å². The number of amidine groups is 1. The van der Waals surface area contributed by atoms with Gasteiger partial charge in [0.15, 0.2) is 0 Å². The van der Waals surface area contributed by atoms with Gasteiger partial charge in [-0.05, 0) is 6.42 Å². The van der Waals surface area contributed by atoms with Crippen LogP contribution in [0.1, 0.15) is 104 Å². The van der Waals surface area contributed by atoms with Gasteiger partial charge in [-0.2, -0.15) is 0 Å². The Balaban J connectivity index is 1.74. The lowest BCUT2D eigenvalue weighted by Crippen LogP contribution is -2.25. The van der Waals surface area contributed by atoms with Crippen molar-refractivity contribution in [2.45, 2.75) is 104 Å². The molecular weight excluding hydrogens is 268 g/mol. The van der Waals surface area contributed by atoms with E-state index in [0.717, 1.165) is 13.1 Å². The molecule has 0 aromatic carbocycles. The minimum Gasteiger partial charge on any atom is -0.372 e. The van der Waals surface area contributed by atoms with E-state index in [2.05, 4.69) is 24.2 Å². The third-order valence-corrected chi connectivity index (χ3v) is 4.91. The maximum absolute atomic E-state index is 4.52. The first kappa shape index (κ1) is 19.5. The number of nitrogens with one attached hydrogen (secondary N) is 1. The van der Waals surface area contributed by atoms with E-state index in [0.29, 0.717) is 5.92 Å². The predicted molar refractivity (Wildman–Crippen MR) is 99.8 cm³/mol. The van der Waals surface area contributed by atoms with Crippen molar-refractivity contribution in [2.24, 2.45) is 10.9 Å². The standard InChI is InChI=1S/C20H40N2/c1-3-4-5-6-7-8-9-10-11-12-13-14-15-16-19(2)20-21-17-18-22-20/h19H,3-18H2,1-2H3,(H,21,22)/t19-/m1/s1. The third kappa shape index (κ3) is 10.2. The Kier molecular flexibility index (Phi) is 12.5. The highest BCUT2D eigenvalue weighted by molar-refractivity contribution is 5.85. The Labute approximate surface area is 139 Å². The van der Waals surface area contributed by atoms with E-state index in [1.807, 2.05) is 0 Å². The SMILES string of the molecule is CCCCCCCCCCCCCCC[C@@H](C)C1=NCCN1. The highest BCUT2D eigenvalue weighted by atomic mass is 15.1. The molecule has 0 bridgehead atoms. The minimum atomic E-state index is 0.648. The Morgan fingerprint density at radius 2 is 1.32 bits per heavy atom. The van der Waals surface area contributed by atoms with Crippen molar-refractivity contribution in [1.82, 2.24) is 5.32 Å². The molecule has 1 heterocycles. The Morgan fingerprint density at radius 3 is 1.77 bits per heavy atom. The first-order valence-corrected chi connectivity index (χ1v) is 10.1. The van der Waals surface area contributed by atoms with E-state index in [9.17, 15) is 0 Å². The van der Waals surface area contributed by atoms with Gasteiger partial charge in [-0.1, -0.05) is 97.3 Å². The number of hydrogen-bond acceptors (Lipinski definition) is 2. The van der Waals surface area contributed by atoms with Crippen LogP contribution in [0.3, 0.4) is 0 Å². The van der Waals surface area contributed by atoms with E-state index in [-0.39, 0.29) is 0 Å². The molecule has 2 heteroatoms. The molecule has 1 aliphatic heterocycles. The second-order valence-corrected chi connectivity index (χ2v) is 7.13. The van der Waals surface area contributed by atoms with E-state index in [1.54, 1.807) is 0 Å². The summed E-state index contributed by atoms with van der Waals surface area (Å²) in [5.41, 5.74) is 0. The molecule has 2 nitrogen and oxygen atoms in total. The van der Waals surface area contributed by atoms with Crippen molar-refractivity contribution in [3.05, 3.63) is 0 Å². The summed E-state index contributed by atoms with van der Waals surface area (Å²) < 4.78 is 0. The van der Waals surface area contributed by atoms with Crippen LogP contribution in [0.2, 0.25) is 0 Å². The normalized spacial score (nSPS) is 15.6. The number of aliphatic imine (C=N–C) groups is 1. The maximum atomic E-state index is 4.52. The quantitative estimate of drug-likeness (QED) is 0.363. The summed E-state index contributed by atoms with van der Waals surface area (Å²) in [6, 6.07) is 0. The van der Waals surface area contributed by atoms with E-state index >= 15 is 0 Å². The predicted octanol–water partition coefficient (Wildman–Crippen LogP) is 6.11. The summed E-state index contributed by atoms with van der Waals surface area (Å²) in [7, 11) is 0. The monoisotopic (exact) mass is 308 g/mol. The topological polar surface area (TPSA) is 24.4 Å². The largest absolute Gasteiger partial charge is 0.372 e. The summed E-state index contributed by atoms with van der Waals surface area (Å²) in [6.07, 6.45) is 20.0. The van der Waals surface area contributed by atoms with Gasteiger partial charge in [0.25, 0.3) is 0 Å². The van der Waals surface area contributed by atoms with E-state index in [4.69, 9.17) is 0 Å². The average molecular weight is 309 g/mol. The summed E-state index contributed by atoms with van der Waals surface area (Å²) in [6.45, 7) is 6.65. The number of unbranched alkanes of at least 4 members (excludes halogenated alkanes) is 12. The average Bonchev–Trinajstić information content (AvgIpc) is 3.06. The fourth-order valence-corrected chi connectivity index (χ4v) is 3.35. The van der Waals surface area contributed by atoms with Crippen molar-refractivity contribution in [1.29, 1.82) is 0 Å². The summed E-state index contributed by atoms with van der Waals surface area (Å²) >= 11 is 0. The van der Waals surface area contributed by atoms with Gasteiger partial charge in [-0.25, -0.2) is 0 Å². The zero-order valence-corrected chi connectivity index (χ0v) is 15.3. The second-order valence-electron chi connectivity index (χ2n) is 7.13. The Hall–Kier alpha value is -0.530. The summed E-state index contributed by atoms with van der Waals surface area (Å²) in [4.78, 5) is 4.52. The van der Waals surface area contributed by atoms with Crippen LogP contribution in [-0.2, 0) is 0 Å². The Bertz CT molecular complexity index is 273. The molecule has 0 unspecified atom stereocenters. The molecule has 130 valence electrons. The van der Waals surface area contributed by atoms with Crippen LogP contribution >= 0.6 is 0 Å². The zero-order chi connectivity index (χ0) is 15.9. The fraction of sp³-hybridized carbons (Fsp3) is 0.950. The fourth-order valence-electron chi connectivity index (χ4n) is 3.35. The maximum Gasteiger partial charge on any atom is 0.0993 e.